The van der Waals surface area contributed by atoms with Crippen molar-refractivity contribution in [2.45, 2.75) is 26.3 Å². The van der Waals surface area contributed by atoms with E-state index >= 15 is 0 Å². The topological polar surface area (TPSA) is 115 Å². The molecule has 0 saturated carbocycles. The summed E-state index contributed by atoms with van der Waals surface area (Å²) >= 11 is 6.11. The molecule has 2 heterocycles. The van der Waals surface area contributed by atoms with Crippen molar-refractivity contribution in [3.8, 4) is 5.69 Å². The second kappa shape index (κ2) is 8.42. The lowest BCUT2D eigenvalue weighted by molar-refractivity contribution is -0.384. The van der Waals surface area contributed by atoms with Crippen LogP contribution in [-0.2, 0) is 10.3 Å². The van der Waals surface area contributed by atoms with Gasteiger partial charge in [-0.15, -0.1) is 0 Å². The predicted octanol–water partition coefficient (Wildman–Crippen LogP) is 4.31. The van der Waals surface area contributed by atoms with Gasteiger partial charge < -0.3 is 9.88 Å². The molecule has 0 spiro atoms. The van der Waals surface area contributed by atoms with Gasteiger partial charge in [0.2, 0.25) is 0 Å². The zero-order valence-electron chi connectivity index (χ0n) is 18.7. The molecule has 1 atom stereocenters. The Morgan fingerprint density at radius 3 is 2.41 bits per heavy atom. The van der Waals surface area contributed by atoms with Crippen LogP contribution >= 0.6 is 11.6 Å². The van der Waals surface area contributed by atoms with Gasteiger partial charge in [0.1, 0.15) is 5.54 Å². The highest BCUT2D eigenvalue weighted by molar-refractivity contribution is 6.30. The lowest BCUT2D eigenvalue weighted by Gasteiger charge is -2.22. The molecule has 1 saturated heterocycles. The van der Waals surface area contributed by atoms with E-state index in [-0.39, 0.29) is 5.69 Å². The van der Waals surface area contributed by atoms with Crippen molar-refractivity contribution in [2.24, 2.45) is 0 Å². The molecule has 3 aromatic rings. The maximum Gasteiger partial charge on any atom is 0.325 e. The van der Waals surface area contributed by atoms with Gasteiger partial charge >= 0.3 is 6.03 Å². The Kier molecular flexibility index (Phi) is 5.74. The number of halogens is 1. The largest absolute Gasteiger partial charge is 0.325 e. The number of aryl methyl sites for hydroxylation is 1. The van der Waals surface area contributed by atoms with Crippen molar-refractivity contribution >= 4 is 35.0 Å². The maximum atomic E-state index is 13.2. The summed E-state index contributed by atoms with van der Waals surface area (Å²) in [4.78, 5) is 50.2. The van der Waals surface area contributed by atoms with E-state index in [1.54, 1.807) is 25.1 Å². The number of urea groups is 1. The fourth-order valence-corrected chi connectivity index (χ4v) is 4.42. The van der Waals surface area contributed by atoms with E-state index in [1.165, 1.54) is 31.2 Å². The van der Waals surface area contributed by atoms with E-state index < -0.39 is 34.7 Å². The first kappa shape index (κ1) is 23.2. The van der Waals surface area contributed by atoms with E-state index in [1.807, 2.05) is 23.6 Å². The summed E-state index contributed by atoms with van der Waals surface area (Å²) in [5.41, 5.74) is 1.46. The summed E-state index contributed by atoms with van der Waals surface area (Å²) in [5.74, 6) is -0.999. The summed E-state index contributed by atoms with van der Waals surface area (Å²) in [7, 11) is 0. The van der Waals surface area contributed by atoms with Gasteiger partial charge in [0.25, 0.3) is 11.6 Å². The van der Waals surface area contributed by atoms with Crippen molar-refractivity contribution in [1.29, 1.82) is 0 Å². The van der Waals surface area contributed by atoms with Gasteiger partial charge in [0.15, 0.2) is 5.78 Å². The number of nitro benzene ring substituents is 1. The number of imide groups is 1. The van der Waals surface area contributed by atoms with Gasteiger partial charge in [-0.1, -0.05) is 17.7 Å². The molecule has 10 heteroatoms. The first-order chi connectivity index (χ1) is 16.0. The second-order valence-electron chi connectivity index (χ2n) is 8.27. The number of aromatic nitrogens is 1. The molecule has 9 nitrogen and oxygen atoms in total. The van der Waals surface area contributed by atoms with E-state index in [4.69, 9.17) is 11.6 Å². The lowest BCUT2D eigenvalue weighted by Crippen LogP contribution is -2.41. The third-order valence-electron chi connectivity index (χ3n) is 6.03. The Hall–Kier alpha value is -3.98. The molecule has 1 aliphatic rings. The van der Waals surface area contributed by atoms with E-state index in [2.05, 4.69) is 5.32 Å². The molecule has 2 aromatic carbocycles. The molecule has 0 bridgehead atoms. The fourth-order valence-electron chi connectivity index (χ4n) is 4.24. The Balaban J connectivity index is 1.59. The molecule has 34 heavy (non-hydrogen) atoms. The van der Waals surface area contributed by atoms with Gasteiger partial charge in [-0.05, 0) is 62.7 Å². The molecule has 0 radical (unpaired) electrons. The van der Waals surface area contributed by atoms with Crippen LogP contribution in [0.3, 0.4) is 0 Å². The van der Waals surface area contributed by atoms with Crippen molar-refractivity contribution in [3.05, 3.63) is 92.2 Å². The number of hydrogen-bond acceptors (Lipinski definition) is 5. The number of carbonyl (C=O) groups excluding carboxylic acids is 3. The monoisotopic (exact) mass is 480 g/mol. The molecule has 174 valence electrons. The maximum absolute atomic E-state index is 13.2. The quantitative estimate of drug-likeness (QED) is 0.244. The predicted molar refractivity (Wildman–Crippen MR) is 125 cm³/mol. The molecule has 0 aliphatic carbocycles. The molecule has 1 unspecified atom stereocenters. The van der Waals surface area contributed by atoms with Gasteiger partial charge in [-0.3, -0.25) is 24.6 Å². The standard InChI is InChI=1S/C24H21ClN4O5/c1-14-11-20(15(2)28(14)19-6-4-5-17(25)12-19)21(30)13-27-22(31)24(3,26-23(27)32)16-7-9-18(10-8-16)29(33)34/h4-12H,13H2,1-3H3,(H,26,32). The molecule has 1 fully saturated rings. The van der Waals surface area contributed by atoms with Crippen LogP contribution in [0.15, 0.2) is 54.6 Å². The fraction of sp³-hybridized carbons (Fsp3) is 0.208. The number of hydrogen-bond donors (Lipinski definition) is 1. The number of nitrogens with zero attached hydrogens (tertiary/aromatic N) is 3. The minimum atomic E-state index is -1.44. The van der Waals surface area contributed by atoms with Crippen LogP contribution in [0, 0.1) is 24.0 Å². The summed E-state index contributed by atoms with van der Waals surface area (Å²) in [5, 5.41) is 14.1. The van der Waals surface area contributed by atoms with Crippen LogP contribution in [0.1, 0.15) is 34.2 Å². The zero-order valence-corrected chi connectivity index (χ0v) is 19.4. The SMILES string of the molecule is Cc1cc(C(=O)CN2C(=O)NC(C)(c3ccc([N+](=O)[O-])cc3)C2=O)c(C)n1-c1cccc(Cl)c1. The first-order valence-electron chi connectivity index (χ1n) is 10.4. The second-order valence-corrected chi connectivity index (χ2v) is 8.71. The molecule has 1 aliphatic heterocycles. The van der Waals surface area contributed by atoms with Crippen molar-refractivity contribution < 1.29 is 19.3 Å². The average molecular weight is 481 g/mol. The summed E-state index contributed by atoms with van der Waals surface area (Å²) in [6.45, 7) is 4.70. The van der Waals surface area contributed by atoms with Crippen molar-refractivity contribution in [3.63, 3.8) is 0 Å². The highest BCUT2D eigenvalue weighted by Crippen LogP contribution is 2.31. The summed E-state index contributed by atoms with van der Waals surface area (Å²) < 4.78 is 1.88. The van der Waals surface area contributed by atoms with Gasteiger partial charge in [0.05, 0.1) is 11.5 Å². The number of nitro groups is 1. The summed E-state index contributed by atoms with van der Waals surface area (Å²) in [6.07, 6.45) is 0. The zero-order chi connectivity index (χ0) is 24.8. The third kappa shape index (κ3) is 3.84. The number of Topliss-reactive ketones (excluding diaryl/α,β-unsaturated/α-hetero) is 1. The average Bonchev–Trinajstić information content (AvgIpc) is 3.21. The highest BCUT2D eigenvalue weighted by atomic mass is 35.5. The van der Waals surface area contributed by atoms with Crippen LogP contribution in [0.4, 0.5) is 10.5 Å². The minimum Gasteiger partial charge on any atom is -0.319 e. The molecule has 4 rings (SSSR count). The van der Waals surface area contributed by atoms with Crippen molar-refractivity contribution in [1.82, 2.24) is 14.8 Å². The van der Waals surface area contributed by atoms with Crippen LogP contribution in [0.5, 0.6) is 0 Å². The Morgan fingerprint density at radius 1 is 1.12 bits per heavy atom. The van der Waals surface area contributed by atoms with Crippen LogP contribution in [0.2, 0.25) is 5.02 Å². The van der Waals surface area contributed by atoms with Gasteiger partial charge in [-0.2, -0.15) is 0 Å². The van der Waals surface area contributed by atoms with Crippen LogP contribution in [-0.4, -0.2) is 38.7 Å². The number of non-ortho nitro benzene ring substituents is 1. The van der Waals surface area contributed by atoms with Crippen LogP contribution < -0.4 is 5.32 Å². The van der Waals surface area contributed by atoms with Crippen molar-refractivity contribution in [2.75, 3.05) is 6.54 Å². The Morgan fingerprint density at radius 2 is 1.79 bits per heavy atom. The first-order valence-corrected chi connectivity index (χ1v) is 10.8. The number of ketones is 1. The number of benzene rings is 2. The van der Waals surface area contributed by atoms with E-state index in [9.17, 15) is 24.5 Å². The summed E-state index contributed by atoms with van der Waals surface area (Å²) in [6, 6.07) is 13.6. The smallest absolute Gasteiger partial charge is 0.319 e. The lowest BCUT2D eigenvalue weighted by atomic mass is 9.92. The Labute approximate surface area is 200 Å². The Bertz CT molecular complexity index is 1350. The molecular weight excluding hydrogens is 460 g/mol. The van der Waals surface area contributed by atoms with E-state index in [0.717, 1.165) is 16.3 Å². The van der Waals surface area contributed by atoms with Crippen LogP contribution in [0.25, 0.3) is 5.69 Å². The number of nitrogens with one attached hydrogen (secondary N) is 1. The van der Waals surface area contributed by atoms with E-state index in [0.29, 0.717) is 21.8 Å². The van der Waals surface area contributed by atoms with Gasteiger partial charge in [0, 0.05) is 39.8 Å². The molecular formula is C24H21ClN4O5. The molecule has 1 N–H and O–H groups in total. The highest BCUT2D eigenvalue weighted by Gasteiger charge is 2.49. The normalized spacial score (nSPS) is 17.7. The number of rotatable bonds is 6. The molecule has 3 amide bonds. The third-order valence-corrected chi connectivity index (χ3v) is 6.27. The minimum absolute atomic E-state index is 0.133. The number of carbonyl (C=O) groups is 3. The molecule has 1 aromatic heterocycles. The van der Waals surface area contributed by atoms with Gasteiger partial charge in [-0.25, -0.2) is 4.79 Å². The number of amides is 3.